The molecular weight excluding hydrogens is 396 g/mol. The highest BCUT2D eigenvalue weighted by molar-refractivity contribution is 9.09. The third kappa shape index (κ3) is 4.86. The van der Waals surface area contributed by atoms with E-state index >= 15 is 0 Å². The number of rotatable bonds is 5. The molecule has 0 radical (unpaired) electrons. The fraction of sp³-hybridized carbons (Fsp3) is 0.692. The van der Waals surface area contributed by atoms with Crippen LogP contribution in [0.2, 0.25) is 0 Å². The number of esters is 2. The van der Waals surface area contributed by atoms with Crippen molar-refractivity contribution in [3.8, 4) is 0 Å². The number of carbonyl (C=O) groups is 2. The van der Waals surface area contributed by atoms with E-state index in [1.54, 1.807) is 0 Å². The molecule has 0 fully saturated rings. The first-order chi connectivity index (χ1) is 9.36. The molecule has 0 unspecified atom stereocenters. The van der Waals surface area contributed by atoms with Crippen LogP contribution < -0.4 is 0 Å². The Hall–Kier alpha value is -0.400. The number of alkyl halides is 2. The van der Waals surface area contributed by atoms with Crippen LogP contribution >= 0.6 is 31.9 Å². The van der Waals surface area contributed by atoms with Crippen LogP contribution in [0.15, 0.2) is 11.6 Å². The first-order valence-corrected chi connectivity index (χ1v) is 8.26. The third-order valence-electron chi connectivity index (χ3n) is 3.23. The van der Waals surface area contributed by atoms with Crippen LogP contribution in [-0.4, -0.2) is 46.5 Å². The minimum absolute atomic E-state index is 0.0921. The fourth-order valence-corrected chi connectivity index (χ4v) is 3.52. The molecule has 1 aliphatic rings. The summed E-state index contributed by atoms with van der Waals surface area (Å²) >= 11 is 6.79. The Balaban J connectivity index is 2.89. The molecule has 0 spiro atoms. The van der Waals surface area contributed by atoms with Crippen LogP contribution in [0, 0.1) is 11.8 Å². The Labute approximate surface area is 135 Å². The fourth-order valence-electron chi connectivity index (χ4n) is 2.19. The maximum absolute atomic E-state index is 11.0. The predicted octanol–water partition coefficient (Wildman–Crippen LogP) is 1.80. The SMILES string of the molecule is CC(=O)OC[C@@H]1[C@H](O)[C@H](Br)C=C(CBr)[C@@H]1COC(C)=O. The third-order valence-corrected chi connectivity index (χ3v) is 4.68. The lowest BCUT2D eigenvalue weighted by molar-refractivity contribution is -0.148. The van der Waals surface area contributed by atoms with Crippen molar-refractivity contribution in [1.29, 1.82) is 0 Å². The van der Waals surface area contributed by atoms with Crippen molar-refractivity contribution in [2.24, 2.45) is 11.8 Å². The summed E-state index contributed by atoms with van der Waals surface area (Å²) in [5.74, 6) is -1.27. The van der Waals surface area contributed by atoms with Gasteiger partial charge in [0.25, 0.3) is 0 Å². The molecule has 0 bridgehead atoms. The Morgan fingerprint density at radius 3 is 2.30 bits per heavy atom. The van der Waals surface area contributed by atoms with Gasteiger partial charge in [0.15, 0.2) is 0 Å². The van der Waals surface area contributed by atoms with E-state index in [0.717, 1.165) is 5.57 Å². The van der Waals surface area contributed by atoms with Crippen molar-refractivity contribution in [1.82, 2.24) is 0 Å². The molecule has 7 heteroatoms. The van der Waals surface area contributed by atoms with E-state index in [2.05, 4.69) is 31.9 Å². The Morgan fingerprint density at radius 2 is 1.80 bits per heavy atom. The van der Waals surface area contributed by atoms with Gasteiger partial charge in [-0.3, -0.25) is 9.59 Å². The number of ether oxygens (including phenoxy) is 2. The van der Waals surface area contributed by atoms with E-state index in [-0.39, 0.29) is 35.8 Å². The zero-order chi connectivity index (χ0) is 15.3. The molecule has 0 aromatic rings. The van der Waals surface area contributed by atoms with Crippen LogP contribution in [0.3, 0.4) is 0 Å². The van der Waals surface area contributed by atoms with Gasteiger partial charge in [-0.2, -0.15) is 0 Å². The molecule has 5 nitrogen and oxygen atoms in total. The quantitative estimate of drug-likeness (QED) is 0.422. The first kappa shape index (κ1) is 17.7. The summed E-state index contributed by atoms with van der Waals surface area (Å²) in [4.78, 5) is 21.7. The van der Waals surface area contributed by atoms with Gasteiger partial charge in [-0.25, -0.2) is 0 Å². The molecule has 4 atom stereocenters. The number of aliphatic hydroxyl groups excluding tert-OH is 1. The molecule has 114 valence electrons. The highest BCUT2D eigenvalue weighted by Crippen LogP contribution is 2.35. The molecule has 1 aliphatic carbocycles. The summed E-state index contributed by atoms with van der Waals surface area (Å²) in [6.45, 7) is 2.92. The second kappa shape index (κ2) is 8.14. The van der Waals surface area contributed by atoms with Crippen molar-refractivity contribution in [3.05, 3.63) is 11.6 Å². The smallest absolute Gasteiger partial charge is 0.302 e. The summed E-state index contributed by atoms with van der Waals surface area (Å²) in [5.41, 5.74) is 1.01. The van der Waals surface area contributed by atoms with Gasteiger partial charge >= 0.3 is 11.9 Å². The topological polar surface area (TPSA) is 72.8 Å². The molecule has 0 saturated carbocycles. The second-order valence-corrected chi connectivity index (χ2v) is 6.30. The normalized spacial score (nSPS) is 29.6. The van der Waals surface area contributed by atoms with Crippen LogP contribution in [-0.2, 0) is 19.1 Å². The van der Waals surface area contributed by atoms with Crippen molar-refractivity contribution in [2.75, 3.05) is 18.5 Å². The summed E-state index contributed by atoms with van der Waals surface area (Å²) in [6, 6.07) is 0. The van der Waals surface area contributed by atoms with Gasteiger partial charge in [0, 0.05) is 31.0 Å². The number of hydrogen-bond acceptors (Lipinski definition) is 5. The van der Waals surface area contributed by atoms with Crippen LogP contribution in [0.4, 0.5) is 0 Å². The number of aliphatic hydroxyl groups is 1. The van der Waals surface area contributed by atoms with Gasteiger partial charge in [-0.15, -0.1) is 0 Å². The lowest BCUT2D eigenvalue weighted by Crippen LogP contribution is -2.44. The monoisotopic (exact) mass is 412 g/mol. The molecule has 0 aliphatic heterocycles. The lowest BCUT2D eigenvalue weighted by Gasteiger charge is -2.37. The number of hydrogen-bond donors (Lipinski definition) is 1. The van der Waals surface area contributed by atoms with Gasteiger partial charge in [0.05, 0.1) is 24.1 Å². The Bertz CT molecular complexity index is 396. The molecule has 20 heavy (non-hydrogen) atoms. The maximum atomic E-state index is 11.0. The van der Waals surface area contributed by atoms with E-state index in [9.17, 15) is 14.7 Å². The highest BCUT2D eigenvalue weighted by atomic mass is 79.9. The maximum Gasteiger partial charge on any atom is 0.302 e. The largest absolute Gasteiger partial charge is 0.465 e. The van der Waals surface area contributed by atoms with E-state index in [1.807, 2.05) is 6.08 Å². The molecule has 1 N–H and O–H groups in total. The van der Waals surface area contributed by atoms with Crippen molar-refractivity contribution in [3.63, 3.8) is 0 Å². The van der Waals surface area contributed by atoms with Gasteiger partial charge in [0.1, 0.15) is 0 Å². The first-order valence-electron chi connectivity index (χ1n) is 6.22. The van der Waals surface area contributed by atoms with Gasteiger partial charge in [0.2, 0.25) is 0 Å². The van der Waals surface area contributed by atoms with E-state index in [4.69, 9.17) is 9.47 Å². The molecule has 0 heterocycles. The number of carbonyl (C=O) groups excluding carboxylic acids is 2. The number of halogens is 2. The molecule has 0 amide bonds. The van der Waals surface area contributed by atoms with Gasteiger partial charge < -0.3 is 14.6 Å². The zero-order valence-electron chi connectivity index (χ0n) is 11.3. The molecular formula is C13H18Br2O5. The molecule has 0 aromatic heterocycles. The van der Waals surface area contributed by atoms with Gasteiger partial charge in [-0.05, 0) is 0 Å². The Kier molecular flexibility index (Phi) is 7.19. The average Bonchev–Trinajstić information content (AvgIpc) is 2.37. The highest BCUT2D eigenvalue weighted by Gasteiger charge is 2.39. The summed E-state index contributed by atoms with van der Waals surface area (Å²) in [6.07, 6.45) is 1.19. The van der Waals surface area contributed by atoms with Gasteiger partial charge in [-0.1, -0.05) is 43.5 Å². The van der Waals surface area contributed by atoms with Crippen LogP contribution in [0.5, 0.6) is 0 Å². The summed E-state index contributed by atoms with van der Waals surface area (Å²) in [7, 11) is 0. The van der Waals surface area contributed by atoms with Crippen LogP contribution in [0.1, 0.15) is 13.8 Å². The van der Waals surface area contributed by atoms with Crippen molar-refractivity contribution >= 4 is 43.8 Å². The minimum atomic E-state index is -0.710. The van der Waals surface area contributed by atoms with E-state index < -0.39 is 12.1 Å². The lowest BCUT2D eigenvalue weighted by atomic mass is 9.78. The summed E-state index contributed by atoms with van der Waals surface area (Å²) in [5, 5.41) is 10.9. The zero-order valence-corrected chi connectivity index (χ0v) is 14.5. The molecule has 1 rings (SSSR count). The van der Waals surface area contributed by atoms with Crippen molar-refractivity contribution < 1.29 is 24.2 Å². The standard InChI is InChI=1S/C13H18Br2O5/c1-7(16)19-5-10-9(4-14)3-12(15)13(18)11(10)6-20-8(2)17/h3,10-13,18H,4-6H2,1-2H3/t10-,11-,12+,13-/m0/s1. The van der Waals surface area contributed by atoms with Crippen molar-refractivity contribution in [2.45, 2.75) is 24.8 Å². The minimum Gasteiger partial charge on any atom is -0.465 e. The molecule has 0 saturated heterocycles. The van der Waals surface area contributed by atoms with E-state index in [1.165, 1.54) is 13.8 Å². The average molecular weight is 414 g/mol. The second-order valence-electron chi connectivity index (χ2n) is 4.69. The predicted molar refractivity (Wildman–Crippen MR) is 80.8 cm³/mol. The van der Waals surface area contributed by atoms with E-state index in [0.29, 0.717) is 5.33 Å². The Morgan fingerprint density at radius 1 is 1.25 bits per heavy atom. The summed E-state index contributed by atoms with van der Waals surface area (Å²) < 4.78 is 10.1. The van der Waals surface area contributed by atoms with Crippen LogP contribution in [0.25, 0.3) is 0 Å². The molecule has 0 aromatic carbocycles.